The van der Waals surface area contributed by atoms with Crippen molar-refractivity contribution in [3.63, 3.8) is 0 Å². The Kier molecular flexibility index (Phi) is 6.57. The third kappa shape index (κ3) is 4.51. The van der Waals surface area contributed by atoms with E-state index in [9.17, 15) is 22.8 Å². The number of fused-ring (bicyclic) bond motifs is 2. The van der Waals surface area contributed by atoms with Gasteiger partial charge in [0.05, 0.1) is 0 Å². The smallest absolute Gasteiger partial charge is 0.238 e. The van der Waals surface area contributed by atoms with E-state index < -0.39 is 28.9 Å². The van der Waals surface area contributed by atoms with Gasteiger partial charge in [0.1, 0.15) is 11.2 Å². The number of halogens is 3. The summed E-state index contributed by atoms with van der Waals surface area (Å²) < 4.78 is 41.1. The molecule has 8 heteroatoms. The maximum absolute atomic E-state index is 14.2. The first kappa shape index (κ1) is 24.8. The van der Waals surface area contributed by atoms with Crippen molar-refractivity contribution >= 4 is 11.8 Å². The number of carbonyl (C=O) groups excluding carboxylic acids is 2. The lowest BCUT2D eigenvalue weighted by Crippen LogP contribution is -2.54. The SMILES string of the molecule is CN(Cc1ccccc1)C(=O)C1(C(=O)N2[C@@H]3CC[C@H]2C[C@H]([C@H](N)Cc2cc(F)c(F)cc2F)C3)CC1. The minimum Gasteiger partial charge on any atom is -0.340 e. The van der Waals surface area contributed by atoms with Crippen LogP contribution in [0.2, 0.25) is 0 Å². The van der Waals surface area contributed by atoms with Gasteiger partial charge in [0.15, 0.2) is 11.6 Å². The van der Waals surface area contributed by atoms with Gasteiger partial charge < -0.3 is 15.5 Å². The van der Waals surface area contributed by atoms with Gasteiger partial charge >= 0.3 is 0 Å². The van der Waals surface area contributed by atoms with Crippen LogP contribution in [0, 0.1) is 28.8 Å². The van der Waals surface area contributed by atoms with Crippen LogP contribution in [-0.2, 0) is 22.6 Å². The predicted octanol–water partition coefficient (Wildman–Crippen LogP) is 4.18. The molecule has 2 saturated heterocycles. The van der Waals surface area contributed by atoms with Crippen molar-refractivity contribution in [3.8, 4) is 0 Å². The lowest BCUT2D eigenvalue weighted by molar-refractivity contribution is -0.152. The van der Waals surface area contributed by atoms with Gasteiger partial charge in [-0.05, 0) is 68.1 Å². The molecule has 0 radical (unpaired) electrons. The van der Waals surface area contributed by atoms with Crippen LogP contribution >= 0.6 is 0 Å². The molecule has 4 atom stereocenters. The van der Waals surface area contributed by atoms with Crippen LogP contribution < -0.4 is 5.73 Å². The lowest BCUT2D eigenvalue weighted by Gasteiger charge is -2.42. The second kappa shape index (κ2) is 9.54. The van der Waals surface area contributed by atoms with Gasteiger partial charge in [-0.1, -0.05) is 30.3 Å². The van der Waals surface area contributed by atoms with Crippen molar-refractivity contribution in [1.82, 2.24) is 9.80 Å². The van der Waals surface area contributed by atoms with Gasteiger partial charge in [0.25, 0.3) is 0 Å². The first-order valence-electron chi connectivity index (χ1n) is 12.7. The van der Waals surface area contributed by atoms with Crippen LogP contribution in [0.3, 0.4) is 0 Å². The highest BCUT2D eigenvalue weighted by molar-refractivity contribution is 6.08. The van der Waals surface area contributed by atoms with Gasteiger partial charge in [-0.25, -0.2) is 13.2 Å². The fourth-order valence-electron chi connectivity index (χ4n) is 6.23. The molecule has 2 aliphatic heterocycles. The number of nitrogens with two attached hydrogens (primary N) is 1. The molecular weight excluding hydrogens is 467 g/mol. The zero-order valence-corrected chi connectivity index (χ0v) is 20.4. The Morgan fingerprint density at radius 1 is 1.03 bits per heavy atom. The monoisotopic (exact) mass is 499 g/mol. The summed E-state index contributed by atoms with van der Waals surface area (Å²) in [7, 11) is 1.75. The highest BCUT2D eigenvalue weighted by atomic mass is 19.2. The van der Waals surface area contributed by atoms with Crippen molar-refractivity contribution in [2.45, 2.75) is 69.6 Å². The number of amides is 2. The molecule has 192 valence electrons. The van der Waals surface area contributed by atoms with Crippen LogP contribution in [-0.4, -0.2) is 46.8 Å². The summed E-state index contributed by atoms with van der Waals surface area (Å²) in [5.41, 5.74) is 6.54. The highest BCUT2D eigenvalue weighted by Crippen LogP contribution is 2.52. The molecule has 1 aliphatic carbocycles. The Bertz CT molecular complexity index is 1140. The van der Waals surface area contributed by atoms with Gasteiger partial charge in [0, 0.05) is 37.8 Å². The number of benzene rings is 2. The van der Waals surface area contributed by atoms with Gasteiger partial charge in [-0.3, -0.25) is 9.59 Å². The van der Waals surface area contributed by atoms with Crippen LogP contribution in [0.1, 0.15) is 49.7 Å². The van der Waals surface area contributed by atoms with Crippen molar-refractivity contribution < 1.29 is 22.8 Å². The quantitative estimate of drug-likeness (QED) is 0.459. The second-order valence-electron chi connectivity index (χ2n) is 10.8. The summed E-state index contributed by atoms with van der Waals surface area (Å²) in [4.78, 5) is 30.7. The molecule has 2 heterocycles. The number of piperidine rings is 1. The van der Waals surface area contributed by atoms with Gasteiger partial charge in [0.2, 0.25) is 11.8 Å². The number of carbonyl (C=O) groups is 2. The standard InChI is InChI=1S/C28H32F3N3O2/c1-33(16-17-5-3-2-4-6-17)26(35)28(9-10-28)27(36)34-20-7-8-21(34)12-19(11-20)25(32)14-18-13-23(30)24(31)15-22(18)29/h2-6,13,15,19-21,25H,7-12,14,16,32H2,1H3/t19-,20-,21+,25-/m1/s1. The van der Waals surface area contributed by atoms with E-state index in [1.54, 1.807) is 11.9 Å². The maximum atomic E-state index is 14.2. The van der Waals surface area contributed by atoms with E-state index in [2.05, 4.69) is 0 Å². The minimum absolute atomic E-state index is 0.00759. The lowest BCUT2D eigenvalue weighted by atomic mass is 9.82. The van der Waals surface area contributed by atoms with Crippen molar-refractivity contribution in [1.29, 1.82) is 0 Å². The Balaban J connectivity index is 1.24. The number of rotatable bonds is 7. The van der Waals surface area contributed by atoms with E-state index in [-0.39, 0.29) is 41.8 Å². The van der Waals surface area contributed by atoms with Gasteiger partial charge in [-0.15, -0.1) is 0 Å². The Hall–Kier alpha value is -2.87. The molecule has 0 unspecified atom stereocenters. The van der Waals surface area contributed by atoms with Crippen molar-refractivity contribution in [3.05, 3.63) is 71.0 Å². The molecule has 2 amide bonds. The zero-order chi connectivity index (χ0) is 25.6. The van der Waals surface area contributed by atoms with E-state index in [0.717, 1.165) is 24.5 Å². The fraction of sp³-hybridized carbons (Fsp3) is 0.500. The molecule has 3 aliphatic rings. The van der Waals surface area contributed by atoms with E-state index in [0.29, 0.717) is 38.3 Å². The average molecular weight is 500 g/mol. The largest absolute Gasteiger partial charge is 0.340 e. The molecule has 2 aromatic rings. The summed E-state index contributed by atoms with van der Waals surface area (Å²) in [6, 6.07) is 10.7. The maximum Gasteiger partial charge on any atom is 0.238 e. The molecule has 36 heavy (non-hydrogen) atoms. The summed E-state index contributed by atoms with van der Waals surface area (Å²) in [6.45, 7) is 0.457. The van der Waals surface area contributed by atoms with Crippen LogP contribution in [0.15, 0.2) is 42.5 Å². The highest BCUT2D eigenvalue weighted by Gasteiger charge is 2.61. The molecule has 2 N–H and O–H groups in total. The number of nitrogens with zero attached hydrogens (tertiary/aromatic N) is 2. The number of hydrogen-bond acceptors (Lipinski definition) is 3. The minimum atomic E-state index is -1.22. The topological polar surface area (TPSA) is 66.6 Å². The Labute approximate surface area is 209 Å². The molecule has 0 aromatic heterocycles. The summed E-state index contributed by atoms with van der Waals surface area (Å²) in [5, 5.41) is 0. The Morgan fingerprint density at radius 3 is 2.25 bits per heavy atom. The molecule has 3 fully saturated rings. The van der Waals surface area contributed by atoms with Gasteiger partial charge in [-0.2, -0.15) is 0 Å². The van der Waals surface area contributed by atoms with E-state index >= 15 is 0 Å². The summed E-state index contributed by atoms with van der Waals surface area (Å²) in [6.07, 6.45) is 4.27. The van der Waals surface area contributed by atoms with Crippen molar-refractivity contribution in [2.75, 3.05) is 7.05 Å². The van der Waals surface area contributed by atoms with E-state index in [4.69, 9.17) is 5.73 Å². The van der Waals surface area contributed by atoms with Crippen LogP contribution in [0.5, 0.6) is 0 Å². The Morgan fingerprint density at radius 2 is 1.64 bits per heavy atom. The second-order valence-corrected chi connectivity index (χ2v) is 10.8. The molecular formula is C28H32F3N3O2. The fourth-order valence-corrected chi connectivity index (χ4v) is 6.23. The normalized spacial score (nSPS) is 24.9. The predicted molar refractivity (Wildman–Crippen MR) is 129 cm³/mol. The average Bonchev–Trinajstić information content (AvgIpc) is 3.62. The number of hydrogen-bond donors (Lipinski definition) is 1. The molecule has 2 aromatic carbocycles. The van der Waals surface area contributed by atoms with Crippen LogP contribution in [0.4, 0.5) is 13.2 Å². The third-order valence-corrected chi connectivity index (χ3v) is 8.33. The summed E-state index contributed by atoms with van der Waals surface area (Å²) >= 11 is 0. The van der Waals surface area contributed by atoms with E-state index in [1.165, 1.54) is 0 Å². The molecule has 2 bridgehead atoms. The zero-order valence-electron chi connectivity index (χ0n) is 20.4. The first-order chi connectivity index (χ1) is 17.2. The molecule has 0 spiro atoms. The molecule has 5 nitrogen and oxygen atoms in total. The first-order valence-corrected chi connectivity index (χ1v) is 12.7. The van der Waals surface area contributed by atoms with Crippen LogP contribution in [0.25, 0.3) is 0 Å². The molecule has 1 saturated carbocycles. The van der Waals surface area contributed by atoms with Crippen molar-refractivity contribution in [2.24, 2.45) is 17.1 Å². The third-order valence-electron chi connectivity index (χ3n) is 8.33. The summed E-state index contributed by atoms with van der Waals surface area (Å²) in [5.74, 6) is -3.26. The molecule has 5 rings (SSSR count). The van der Waals surface area contributed by atoms with E-state index in [1.807, 2.05) is 35.2 Å².